The van der Waals surface area contributed by atoms with Crippen LogP contribution in [0.25, 0.3) is 132 Å². The summed E-state index contributed by atoms with van der Waals surface area (Å²) in [6.07, 6.45) is 6.16. The molecule has 0 saturated carbocycles. The molecule has 0 fully saturated rings. The number of pyridine rings is 3. The van der Waals surface area contributed by atoms with E-state index in [1.165, 1.54) is 110 Å². The lowest BCUT2D eigenvalue weighted by Gasteiger charge is -2.10. The van der Waals surface area contributed by atoms with E-state index in [0.717, 1.165) is 44.0 Å². The summed E-state index contributed by atoms with van der Waals surface area (Å²) in [4.78, 5) is 0. The van der Waals surface area contributed by atoms with Gasteiger partial charge in [0.15, 0.2) is 18.6 Å². The summed E-state index contributed by atoms with van der Waals surface area (Å²) in [5.41, 5.74) is 20.4. The molecule has 9 aromatic carbocycles. The molecule has 6 heteroatoms. The first-order valence-corrected chi connectivity index (χ1v) is 28.2. The summed E-state index contributed by atoms with van der Waals surface area (Å²) in [6.45, 7) is 6.19. The Morgan fingerprint density at radius 1 is 0.329 bits per heavy atom. The van der Waals surface area contributed by atoms with Gasteiger partial charge in [-0.1, -0.05) is 145 Å². The summed E-state index contributed by atoms with van der Waals surface area (Å²) >= 11 is 0. The highest BCUT2D eigenvalue weighted by Crippen LogP contribution is 2.42. The monoisotopic (exact) mass is 1070 g/mol. The predicted molar refractivity (Wildman–Crippen MR) is 347 cm³/mol. The third kappa shape index (κ3) is 8.17. The first-order chi connectivity index (χ1) is 42.0. The van der Waals surface area contributed by atoms with E-state index in [1.807, 2.05) is 62.0 Å². The third-order valence-corrected chi connectivity index (χ3v) is 17.4. The number of fused-ring (bicyclic) bond motifs is 15. The van der Waals surface area contributed by atoms with Gasteiger partial charge in [-0.15, -0.1) is 0 Å². The van der Waals surface area contributed by atoms with Gasteiger partial charge in [0.1, 0.15) is 37.7 Å². The Balaban J connectivity index is 0.000000123. The summed E-state index contributed by atoms with van der Waals surface area (Å²) in [7, 11) is 12.5. The Hall–Kier alpha value is -9.39. The van der Waals surface area contributed by atoms with Gasteiger partial charge in [-0.2, -0.15) is 13.7 Å². The molecule has 0 aliphatic heterocycles. The SMILES string of the molecule is Cc1ccc(-c2c3c(c(C)c[n+]2C)c2c4ccccc4ccc2n3C)c(C)c1.Cc1ccccc1-c1c2c(cc[n+]1C)c1c3ccccc3ccc1n2C.[2H]C([2H])([2H])c1ccc(-c2c3c(c(C([2H])([2H])[2H])c[n+]2C)c2c4ccccc4ccc2n3C)c(C)c1. The van der Waals surface area contributed by atoms with Crippen LogP contribution < -0.4 is 13.7 Å². The lowest BCUT2D eigenvalue weighted by atomic mass is 9.98. The third-order valence-electron chi connectivity index (χ3n) is 17.4. The van der Waals surface area contributed by atoms with Crippen LogP contribution in [-0.2, 0) is 42.3 Å². The van der Waals surface area contributed by atoms with Crippen LogP contribution in [0.2, 0.25) is 0 Å². The molecule has 0 saturated heterocycles. The van der Waals surface area contributed by atoms with Crippen LogP contribution in [-0.4, -0.2) is 13.7 Å². The summed E-state index contributed by atoms with van der Waals surface area (Å²) in [5, 5.41) is 14.3. The molecule has 82 heavy (non-hydrogen) atoms. The second-order valence-electron chi connectivity index (χ2n) is 22.6. The number of aryl methyl sites for hydroxylation is 13. The van der Waals surface area contributed by atoms with Gasteiger partial charge < -0.3 is 13.7 Å². The minimum atomic E-state index is -2.31. The van der Waals surface area contributed by atoms with Gasteiger partial charge in [-0.25, -0.2) is 0 Å². The van der Waals surface area contributed by atoms with E-state index in [1.54, 1.807) is 18.3 Å². The molecule has 6 heterocycles. The predicted octanol–water partition coefficient (Wildman–Crippen LogP) is 17.1. The van der Waals surface area contributed by atoms with Crippen LogP contribution >= 0.6 is 0 Å². The van der Waals surface area contributed by atoms with E-state index in [4.69, 9.17) is 8.22 Å². The van der Waals surface area contributed by atoms with Crippen molar-refractivity contribution in [1.82, 2.24) is 13.7 Å². The van der Waals surface area contributed by atoms with Crippen molar-refractivity contribution >= 4 is 97.7 Å². The zero-order valence-electron chi connectivity index (χ0n) is 54.7. The normalized spacial score (nSPS) is 13.1. The molecule has 15 rings (SSSR count). The van der Waals surface area contributed by atoms with E-state index in [0.29, 0.717) is 10.9 Å². The number of hydrogen-bond donors (Lipinski definition) is 0. The largest absolute Gasteiger partial charge is 0.338 e. The zero-order chi connectivity index (χ0) is 62.0. The fourth-order valence-corrected chi connectivity index (χ4v) is 13.6. The molecule has 0 amide bonds. The number of nitrogens with zero attached hydrogens (tertiary/aromatic N) is 6. The molecule has 6 aromatic heterocycles. The lowest BCUT2D eigenvalue weighted by molar-refractivity contribution is -0.659. The van der Waals surface area contributed by atoms with E-state index < -0.39 is 13.7 Å². The second kappa shape index (κ2) is 20.0. The highest BCUT2D eigenvalue weighted by Gasteiger charge is 2.28. The quantitative estimate of drug-likeness (QED) is 0.158. The molecule has 0 aliphatic rings. The van der Waals surface area contributed by atoms with E-state index in [2.05, 4.69) is 219 Å². The van der Waals surface area contributed by atoms with E-state index >= 15 is 0 Å². The van der Waals surface area contributed by atoms with Gasteiger partial charge in [0.05, 0.1) is 16.7 Å². The van der Waals surface area contributed by atoms with Crippen molar-refractivity contribution in [1.29, 1.82) is 0 Å². The average molecular weight is 1070 g/mol. The van der Waals surface area contributed by atoms with Crippen molar-refractivity contribution in [3.63, 3.8) is 0 Å². The number of benzene rings is 9. The standard InChI is InChI=1S/2C26H25N2.C24H21N2/c2*1-16-10-12-20(17(2)14-16)25-26-23(18(3)15-27(25)4)24-21-9-7-6-8-19(21)11-13-22(24)28(26)5;1-16-8-4-6-10-18(16)23-24-20(14-15-25(23)2)22-19-11-7-5-9-17(19)12-13-21(22)26(24)3/h2*6-15H,1-5H3;4-15H,1-3H3/q3*+1/i1D3,3D3;;. The van der Waals surface area contributed by atoms with Crippen LogP contribution in [0, 0.1) is 48.3 Å². The van der Waals surface area contributed by atoms with Crippen LogP contribution in [0.3, 0.4) is 0 Å². The van der Waals surface area contributed by atoms with Gasteiger partial charge >= 0.3 is 0 Å². The van der Waals surface area contributed by atoms with Gasteiger partial charge in [0.2, 0.25) is 17.1 Å². The highest BCUT2D eigenvalue weighted by molar-refractivity contribution is 6.25. The first kappa shape index (κ1) is 45.4. The second-order valence-corrected chi connectivity index (χ2v) is 22.6. The Kier molecular flexibility index (Phi) is 11.1. The van der Waals surface area contributed by atoms with Crippen molar-refractivity contribution in [3.05, 3.63) is 233 Å². The van der Waals surface area contributed by atoms with Crippen molar-refractivity contribution in [2.24, 2.45) is 42.3 Å². The number of hydrogen-bond acceptors (Lipinski definition) is 0. The number of aromatic nitrogens is 6. The van der Waals surface area contributed by atoms with Gasteiger partial charge in [-0.3, -0.25) is 0 Å². The van der Waals surface area contributed by atoms with E-state index in [9.17, 15) is 0 Å². The van der Waals surface area contributed by atoms with Crippen molar-refractivity contribution in [2.45, 2.75) is 48.3 Å². The molecule has 0 bridgehead atoms. The van der Waals surface area contributed by atoms with Gasteiger partial charge in [0.25, 0.3) is 0 Å². The maximum atomic E-state index is 8.31. The zero-order valence-corrected chi connectivity index (χ0v) is 48.7. The molecule has 0 atom stereocenters. The molecular formula is C76H71N6+3. The van der Waals surface area contributed by atoms with E-state index in [-0.39, 0.29) is 5.56 Å². The van der Waals surface area contributed by atoms with Crippen molar-refractivity contribution < 1.29 is 21.9 Å². The molecule has 402 valence electrons. The van der Waals surface area contributed by atoms with Crippen molar-refractivity contribution in [3.8, 4) is 33.8 Å². The maximum absolute atomic E-state index is 8.31. The van der Waals surface area contributed by atoms with Gasteiger partial charge in [-0.05, 0) is 134 Å². The fourth-order valence-electron chi connectivity index (χ4n) is 13.6. The van der Waals surface area contributed by atoms with Crippen LogP contribution in [0.4, 0.5) is 0 Å². The Labute approximate surface area is 489 Å². The number of rotatable bonds is 3. The Morgan fingerprint density at radius 2 is 0.756 bits per heavy atom. The van der Waals surface area contributed by atoms with Gasteiger partial charge in [0, 0.05) is 95.4 Å². The summed E-state index contributed by atoms with van der Waals surface area (Å²) < 4.78 is 61.4. The average Bonchev–Trinajstić information content (AvgIpc) is 1.60. The highest BCUT2D eigenvalue weighted by atomic mass is 15.0. The molecule has 15 aromatic rings. The molecule has 0 aliphatic carbocycles. The first-order valence-electron chi connectivity index (χ1n) is 31.2. The fraction of sp³-hybridized carbons (Fsp3) is 0.171. The smallest absolute Gasteiger partial charge is 0.237 e. The maximum Gasteiger partial charge on any atom is 0.237 e. The Bertz CT molecular complexity index is 5390. The summed E-state index contributed by atoms with van der Waals surface area (Å²) in [5.74, 6) is 0. The molecule has 0 spiro atoms. The molecule has 0 N–H and O–H groups in total. The summed E-state index contributed by atoms with van der Waals surface area (Å²) in [6, 6.07) is 61.3. The van der Waals surface area contributed by atoms with Crippen LogP contribution in [0.15, 0.2) is 195 Å². The van der Waals surface area contributed by atoms with Crippen LogP contribution in [0.1, 0.15) is 47.2 Å². The lowest BCUT2D eigenvalue weighted by Crippen LogP contribution is -2.32. The minimum absolute atomic E-state index is 0.287. The Morgan fingerprint density at radius 3 is 1.28 bits per heavy atom. The molecular weight excluding hydrogens is 997 g/mol. The molecule has 0 unspecified atom stereocenters. The molecule has 6 nitrogen and oxygen atoms in total. The van der Waals surface area contributed by atoms with Crippen LogP contribution in [0.5, 0.6) is 0 Å². The van der Waals surface area contributed by atoms with Crippen molar-refractivity contribution in [2.75, 3.05) is 0 Å². The molecule has 0 radical (unpaired) electrons. The topological polar surface area (TPSA) is 26.4 Å². The minimum Gasteiger partial charge on any atom is -0.338 e.